The normalized spacial score (nSPS) is 10.9. The Labute approximate surface area is 193 Å². The number of thioether (sulfide) groups is 1. The Bertz CT molecular complexity index is 1270. The van der Waals surface area contributed by atoms with Gasteiger partial charge in [-0.2, -0.15) is 0 Å². The van der Waals surface area contributed by atoms with Gasteiger partial charge in [-0.3, -0.25) is 14.2 Å². The molecule has 3 aromatic carbocycles. The van der Waals surface area contributed by atoms with Gasteiger partial charge in [0.15, 0.2) is 5.16 Å². The molecule has 0 saturated carbocycles. The van der Waals surface area contributed by atoms with Crippen LogP contribution in [0.4, 0.5) is 5.69 Å². The van der Waals surface area contributed by atoms with Gasteiger partial charge in [-0.05, 0) is 60.7 Å². The summed E-state index contributed by atoms with van der Waals surface area (Å²) in [5, 5.41) is 3.85. The van der Waals surface area contributed by atoms with Gasteiger partial charge in [0, 0.05) is 14.6 Å². The lowest BCUT2D eigenvalue weighted by Gasteiger charge is -2.13. The summed E-state index contributed by atoms with van der Waals surface area (Å²) >= 11 is 8.01. The van der Waals surface area contributed by atoms with Crippen molar-refractivity contribution in [2.24, 2.45) is 0 Å². The summed E-state index contributed by atoms with van der Waals surface area (Å²) in [5.41, 5.74) is 1.84. The quantitative estimate of drug-likeness (QED) is 0.261. The van der Waals surface area contributed by atoms with Gasteiger partial charge in [0.1, 0.15) is 0 Å². The molecule has 0 saturated heterocycles. The van der Waals surface area contributed by atoms with Crippen LogP contribution < -0.4 is 10.9 Å². The van der Waals surface area contributed by atoms with Crippen LogP contribution in [-0.2, 0) is 4.79 Å². The number of nitrogens with one attached hydrogen (secondary N) is 1. The number of anilines is 1. The Hall–Kier alpha value is -2.42. The second-order valence-corrected chi connectivity index (χ2v) is 9.15. The first-order valence-corrected chi connectivity index (χ1v) is 11.5. The maximum Gasteiger partial charge on any atom is 0.266 e. The molecule has 0 aliphatic heterocycles. The van der Waals surface area contributed by atoms with Crippen LogP contribution >= 0.6 is 43.6 Å². The van der Waals surface area contributed by atoms with E-state index in [1.54, 1.807) is 16.7 Å². The summed E-state index contributed by atoms with van der Waals surface area (Å²) in [5.74, 6) is -0.0516. The van der Waals surface area contributed by atoms with Crippen LogP contribution in [-0.4, -0.2) is 21.2 Å². The molecule has 0 bridgehead atoms. The van der Waals surface area contributed by atoms with Crippen LogP contribution in [0.15, 0.2) is 91.7 Å². The van der Waals surface area contributed by atoms with Crippen molar-refractivity contribution in [1.82, 2.24) is 9.55 Å². The number of rotatable bonds is 5. The number of carbonyl (C=O) groups is 1. The maximum atomic E-state index is 13.2. The average Bonchev–Trinajstić information content (AvgIpc) is 2.75. The lowest BCUT2D eigenvalue weighted by Crippen LogP contribution is -2.23. The Balaban J connectivity index is 1.66. The number of fused-ring (bicyclic) bond motifs is 1. The lowest BCUT2D eigenvalue weighted by molar-refractivity contribution is -0.113. The first-order chi connectivity index (χ1) is 14.5. The van der Waals surface area contributed by atoms with E-state index >= 15 is 0 Å². The largest absolute Gasteiger partial charge is 0.325 e. The molecule has 1 N–H and O–H groups in total. The van der Waals surface area contributed by atoms with E-state index in [1.165, 1.54) is 11.8 Å². The molecule has 0 aliphatic rings. The highest BCUT2D eigenvalue weighted by molar-refractivity contribution is 9.10. The molecule has 0 aliphatic carbocycles. The molecule has 0 fully saturated rings. The van der Waals surface area contributed by atoms with Crippen molar-refractivity contribution >= 4 is 66.1 Å². The predicted molar refractivity (Wildman–Crippen MR) is 129 cm³/mol. The first-order valence-electron chi connectivity index (χ1n) is 8.97. The van der Waals surface area contributed by atoms with Gasteiger partial charge >= 0.3 is 0 Å². The highest BCUT2D eigenvalue weighted by atomic mass is 79.9. The number of aromatic nitrogens is 2. The molecule has 4 aromatic rings. The highest BCUT2D eigenvalue weighted by Gasteiger charge is 2.15. The van der Waals surface area contributed by atoms with Crippen molar-refractivity contribution in [3.8, 4) is 5.69 Å². The fraction of sp³-hybridized carbons (Fsp3) is 0.0455. The molecular weight excluding hydrogens is 530 g/mol. The Morgan fingerprint density at radius 3 is 2.27 bits per heavy atom. The van der Waals surface area contributed by atoms with Crippen LogP contribution in [0, 0.1) is 0 Å². The van der Waals surface area contributed by atoms with E-state index in [9.17, 15) is 9.59 Å². The number of hydrogen-bond donors (Lipinski definition) is 1. The summed E-state index contributed by atoms with van der Waals surface area (Å²) < 4.78 is 3.40. The van der Waals surface area contributed by atoms with Gasteiger partial charge in [0.25, 0.3) is 5.56 Å². The van der Waals surface area contributed by atoms with Crippen molar-refractivity contribution in [2.45, 2.75) is 5.16 Å². The molecule has 1 heterocycles. The van der Waals surface area contributed by atoms with Crippen molar-refractivity contribution in [1.29, 1.82) is 0 Å². The van der Waals surface area contributed by atoms with Crippen molar-refractivity contribution in [2.75, 3.05) is 11.1 Å². The smallest absolute Gasteiger partial charge is 0.266 e. The molecule has 1 aromatic heterocycles. The molecule has 0 atom stereocenters. The fourth-order valence-corrected chi connectivity index (χ4v) is 4.23. The summed E-state index contributed by atoms with van der Waals surface area (Å²) in [6, 6.07) is 22.0. The zero-order chi connectivity index (χ0) is 21.1. The van der Waals surface area contributed by atoms with Crippen molar-refractivity contribution in [3.63, 3.8) is 0 Å². The third-order valence-corrected chi connectivity index (χ3v) is 6.29. The van der Waals surface area contributed by atoms with Crippen molar-refractivity contribution < 1.29 is 4.79 Å². The monoisotopic (exact) mass is 543 g/mol. The van der Waals surface area contributed by atoms with E-state index in [0.717, 1.165) is 8.95 Å². The zero-order valence-electron chi connectivity index (χ0n) is 15.5. The van der Waals surface area contributed by atoms with Crippen LogP contribution in [0.25, 0.3) is 16.6 Å². The van der Waals surface area contributed by atoms with Gasteiger partial charge < -0.3 is 5.32 Å². The van der Waals surface area contributed by atoms with E-state index in [0.29, 0.717) is 27.4 Å². The van der Waals surface area contributed by atoms with Gasteiger partial charge in [0.05, 0.1) is 22.3 Å². The van der Waals surface area contributed by atoms with Gasteiger partial charge in [0.2, 0.25) is 5.91 Å². The molecule has 0 radical (unpaired) electrons. The second kappa shape index (κ2) is 9.16. The highest BCUT2D eigenvalue weighted by Crippen LogP contribution is 2.23. The van der Waals surface area contributed by atoms with Gasteiger partial charge in [-0.25, -0.2) is 4.98 Å². The molecule has 0 spiro atoms. The van der Waals surface area contributed by atoms with Gasteiger partial charge in [-0.15, -0.1) is 0 Å². The third kappa shape index (κ3) is 4.66. The molecular formula is C22H15Br2N3O2S. The number of hydrogen-bond acceptors (Lipinski definition) is 4. The number of nitrogens with zero attached hydrogens (tertiary/aromatic N) is 2. The molecule has 30 heavy (non-hydrogen) atoms. The summed E-state index contributed by atoms with van der Waals surface area (Å²) in [7, 11) is 0. The minimum Gasteiger partial charge on any atom is -0.325 e. The fourth-order valence-electron chi connectivity index (χ4n) is 2.89. The summed E-state index contributed by atoms with van der Waals surface area (Å²) in [6.45, 7) is 0. The SMILES string of the molecule is O=C(CSc1nc2ccccc2c(=O)n1-c1ccc(Br)cc1)Nc1ccc(Br)cc1. The summed E-state index contributed by atoms with van der Waals surface area (Å²) in [4.78, 5) is 30.3. The molecule has 5 nitrogen and oxygen atoms in total. The van der Waals surface area contributed by atoms with Crippen LogP contribution in [0.1, 0.15) is 0 Å². The third-order valence-electron chi connectivity index (χ3n) is 4.29. The van der Waals surface area contributed by atoms with E-state index in [-0.39, 0.29) is 17.2 Å². The Morgan fingerprint density at radius 2 is 1.57 bits per heavy atom. The number of amides is 1. The van der Waals surface area contributed by atoms with Crippen LogP contribution in [0.5, 0.6) is 0 Å². The van der Waals surface area contributed by atoms with Crippen molar-refractivity contribution in [3.05, 3.63) is 92.1 Å². The standard InChI is InChI=1S/C22H15Br2N3O2S/c23-14-5-9-16(10-6-14)25-20(28)13-30-22-26-19-4-2-1-3-18(19)21(29)27(22)17-11-7-15(24)8-12-17/h1-12H,13H2,(H,25,28). The van der Waals surface area contributed by atoms with Crippen LogP contribution in [0.2, 0.25) is 0 Å². The van der Waals surface area contributed by atoms with Gasteiger partial charge in [-0.1, -0.05) is 55.8 Å². The molecule has 1 amide bonds. The van der Waals surface area contributed by atoms with E-state index in [4.69, 9.17) is 0 Å². The number of carbonyl (C=O) groups excluding carboxylic acids is 1. The molecule has 150 valence electrons. The first kappa shape index (κ1) is 20.8. The Morgan fingerprint density at radius 1 is 0.933 bits per heavy atom. The summed E-state index contributed by atoms with van der Waals surface area (Å²) in [6.07, 6.45) is 0. The number of benzene rings is 3. The zero-order valence-corrected chi connectivity index (χ0v) is 19.5. The van der Waals surface area contributed by atoms with Crippen LogP contribution in [0.3, 0.4) is 0 Å². The topological polar surface area (TPSA) is 64.0 Å². The Kier molecular flexibility index (Phi) is 6.36. The molecule has 4 rings (SSSR count). The second-order valence-electron chi connectivity index (χ2n) is 6.37. The molecule has 0 unspecified atom stereocenters. The average molecular weight is 545 g/mol. The number of halogens is 2. The molecule has 8 heteroatoms. The minimum absolute atomic E-state index is 0.122. The van der Waals surface area contributed by atoms with E-state index in [1.807, 2.05) is 60.7 Å². The number of para-hydroxylation sites is 1. The van der Waals surface area contributed by atoms with E-state index in [2.05, 4.69) is 42.2 Å². The van der Waals surface area contributed by atoms with E-state index < -0.39 is 0 Å². The lowest BCUT2D eigenvalue weighted by atomic mass is 10.2. The predicted octanol–water partition coefficient (Wildman–Crippen LogP) is 5.64. The maximum absolute atomic E-state index is 13.2. The minimum atomic E-state index is -0.174.